The third-order valence-corrected chi connectivity index (χ3v) is 3.14. The van der Waals surface area contributed by atoms with E-state index in [9.17, 15) is 15.0 Å². The monoisotopic (exact) mass is 297 g/mol. The molecular formula is C18H19NO3. The van der Waals surface area contributed by atoms with Crippen LogP contribution in [-0.4, -0.2) is 27.1 Å². The maximum absolute atomic E-state index is 10.9. The van der Waals surface area contributed by atoms with Crippen LogP contribution in [0.1, 0.15) is 19.0 Å². The highest BCUT2D eigenvalue weighted by molar-refractivity contribution is 5.87. The summed E-state index contributed by atoms with van der Waals surface area (Å²) in [6.07, 6.45) is 0.693. The lowest BCUT2D eigenvalue weighted by molar-refractivity contribution is -0.112. The van der Waals surface area contributed by atoms with E-state index in [1.54, 1.807) is 0 Å². The van der Waals surface area contributed by atoms with Crippen molar-refractivity contribution in [3.05, 3.63) is 66.1 Å². The molecule has 0 aliphatic rings. The Morgan fingerprint density at radius 1 is 1.18 bits per heavy atom. The Morgan fingerprint density at radius 3 is 2.59 bits per heavy atom. The molecule has 4 nitrogen and oxygen atoms in total. The fourth-order valence-corrected chi connectivity index (χ4v) is 2.21. The second-order valence-electron chi connectivity index (χ2n) is 5.19. The zero-order valence-electron chi connectivity index (χ0n) is 12.4. The Bertz CT molecular complexity index is 665. The fraction of sp³-hybridized carbons (Fsp3) is 0.222. The van der Waals surface area contributed by atoms with E-state index in [4.69, 9.17) is 0 Å². The number of carbonyl (C=O) groups excluding carboxylic acids is 1. The molecule has 0 aliphatic heterocycles. The van der Waals surface area contributed by atoms with Gasteiger partial charge in [0.2, 0.25) is 0 Å². The third-order valence-electron chi connectivity index (χ3n) is 3.14. The molecule has 2 aromatic rings. The number of allylic oxidation sites excluding steroid dienone is 1. The van der Waals surface area contributed by atoms with Crippen molar-refractivity contribution in [1.29, 1.82) is 0 Å². The molecule has 114 valence electrons. The van der Waals surface area contributed by atoms with Crippen LogP contribution in [0.4, 0.5) is 0 Å². The van der Waals surface area contributed by atoms with Crippen molar-refractivity contribution < 1.29 is 15.0 Å². The average Bonchev–Trinajstić information content (AvgIpc) is 2.47. The van der Waals surface area contributed by atoms with Crippen LogP contribution in [-0.2, 0) is 11.2 Å². The molecule has 4 heteroatoms. The van der Waals surface area contributed by atoms with Gasteiger partial charge in [-0.05, 0) is 19.1 Å². The molecular weight excluding hydrogens is 278 g/mol. The van der Waals surface area contributed by atoms with Crippen molar-refractivity contribution in [2.24, 2.45) is 0 Å². The molecule has 0 aliphatic carbocycles. The molecule has 1 unspecified atom stereocenters. The number of aliphatic hydroxyl groups is 2. The topological polar surface area (TPSA) is 70.4 Å². The molecule has 0 saturated carbocycles. The molecule has 2 N–H and O–H groups in total. The number of nitrogens with zero attached hydrogens (tertiary/aromatic N) is 1. The van der Waals surface area contributed by atoms with Gasteiger partial charge in [-0.15, -0.1) is 0 Å². The molecule has 0 radical (unpaired) electrons. The summed E-state index contributed by atoms with van der Waals surface area (Å²) in [5.74, 6) is -0.354. The van der Waals surface area contributed by atoms with Gasteiger partial charge in [0.25, 0.3) is 0 Å². The minimum Gasteiger partial charge on any atom is -0.512 e. The predicted molar refractivity (Wildman–Crippen MR) is 85.4 cm³/mol. The van der Waals surface area contributed by atoms with Gasteiger partial charge in [-0.1, -0.05) is 36.4 Å². The van der Waals surface area contributed by atoms with E-state index < -0.39 is 6.10 Å². The molecule has 0 spiro atoms. The van der Waals surface area contributed by atoms with Gasteiger partial charge in [0.15, 0.2) is 5.78 Å². The van der Waals surface area contributed by atoms with Gasteiger partial charge in [-0.3, -0.25) is 9.78 Å². The molecule has 0 fully saturated rings. The summed E-state index contributed by atoms with van der Waals surface area (Å²) in [6, 6.07) is 15.4. The first-order valence-electron chi connectivity index (χ1n) is 7.14. The molecule has 1 aromatic heterocycles. The number of rotatable bonds is 6. The van der Waals surface area contributed by atoms with Gasteiger partial charge >= 0.3 is 0 Å². The summed E-state index contributed by atoms with van der Waals surface area (Å²) in [6.45, 7) is 1.35. The van der Waals surface area contributed by atoms with Crippen LogP contribution in [0, 0.1) is 0 Å². The van der Waals surface area contributed by atoms with Gasteiger partial charge < -0.3 is 10.2 Å². The van der Waals surface area contributed by atoms with Crippen LogP contribution in [0.5, 0.6) is 0 Å². The molecule has 0 saturated heterocycles. The van der Waals surface area contributed by atoms with E-state index >= 15 is 0 Å². The molecule has 1 heterocycles. The van der Waals surface area contributed by atoms with Crippen molar-refractivity contribution in [1.82, 2.24) is 4.98 Å². The van der Waals surface area contributed by atoms with E-state index in [-0.39, 0.29) is 18.0 Å². The van der Waals surface area contributed by atoms with Gasteiger partial charge in [-0.2, -0.15) is 0 Å². The normalized spacial score (nSPS) is 12.9. The summed E-state index contributed by atoms with van der Waals surface area (Å²) in [7, 11) is 0. The van der Waals surface area contributed by atoms with Gasteiger partial charge in [0.1, 0.15) is 0 Å². The Labute approximate surface area is 129 Å². The summed E-state index contributed by atoms with van der Waals surface area (Å²) >= 11 is 0. The highest BCUT2D eigenvalue weighted by Crippen LogP contribution is 2.17. The van der Waals surface area contributed by atoms with Crippen molar-refractivity contribution in [3.63, 3.8) is 0 Å². The van der Waals surface area contributed by atoms with E-state index in [1.165, 1.54) is 6.92 Å². The largest absolute Gasteiger partial charge is 0.512 e. The first-order chi connectivity index (χ1) is 10.5. The number of aromatic nitrogens is 1. The minimum atomic E-state index is -0.783. The number of carbonyl (C=O) groups is 1. The first kappa shape index (κ1) is 15.9. The van der Waals surface area contributed by atoms with Crippen molar-refractivity contribution in [2.45, 2.75) is 25.9 Å². The Balaban J connectivity index is 2.06. The maximum atomic E-state index is 10.9. The van der Waals surface area contributed by atoms with E-state index in [0.29, 0.717) is 6.42 Å². The van der Waals surface area contributed by atoms with Gasteiger partial charge in [0, 0.05) is 30.2 Å². The highest BCUT2D eigenvalue weighted by atomic mass is 16.3. The predicted octanol–water partition coefficient (Wildman–Crippen LogP) is 3.07. The molecule has 22 heavy (non-hydrogen) atoms. The van der Waals surface area contributed by atoms with Crippen LogP contribution < -0.4 is 0 Å². The SMILES string of the molecule is CC(=O)/C=C(\O)CC(O)Cc1cccc(-c2ccccc2)n1. The third kappa shape index (κ3) is 4.82. The number of pyridine rings is 1. The van der Waals surface area contributed by atoms with E-state index in [0.717, 1.165) is 23.0 Å². The zero-order chi connectivity index (χ0) is 15.9. The standard InChI is InChI=1S/C18H19NO3/c1-13(20)10-16(21)12-17(22)11-15-8-5-9-18(19-15)14-6-3-2-4-7-14/h2-10,17,21-22H,11-12H2,1H3/b16-10-. The Hall–Kier alpha value is -2.46. The number of hydrogen-bond acceptors (Lipinski definition) is 4. The van der Waals surface area contributed by atoms with Crippen molar-refractivity contribution >= 4 is 5.78 Å². The minimum absolute atomic E-state index is 0.0385. The lowest BCUT2D eigenvalue weighted by Crippen LogP contribution is -2.13. The Kier molecular flexibility index (Phi) is 5.44. The summed E-state index contributed by atoms with van der Waals surface area (Å²) in [4.78, 5) is 15.4. The summed E-state index contributed by atoms with van der Waals surface area (Å²) < 4.78 is 0. The van der Waals surface area contributed by atoms with Crippen molar-refractivity contribution in [2.75, 3.05) is 0 Å². The molecule has 0 amide bonds. The smallest absolute Gasteiger partial charge is 0.155 e. The molecule has 1 atom stereocenters. The Morgan fingerprint density at radius 2 is 1.91 bits per heavy atom. The highest BCUT2D eigenvalue weighted by Gasteiger charge is 2.10. The van der Waals surface area contributed by atoms with Crippen LogP contribution in [0.2, 0.25) is 0 Å². The molecule has 2 rings (SSSR count). The van der Waals surface area contributed by atoms with Crippen LogP contribution in [0.15, 0.2) is 60.4 Å². The second kappa shape index (κ2) is 7.52. The lowest BCUT2D eigenvalue weighted by Gasteiger charge is -2.10. The van der Waals surface area contributed by atoms with Crippen LogP contribution >= 0.6 is 0 Å². The first-order valence-corrected chi connectivity index (χ1v) is 7.14. The zero-order valence-corrected chi connectivity index (χ0v) is 12.4. The summed E-state index contributed by atoms with van der Waals surface area (Å²) in [5, 5.41) is 19.6. The number of hydrogen-bond donors (Lipinski definition) is 2. The second-order valence-corrected chi connectivity index (χ2v) is 5.19. The van der Waals surface area contributed by atoms with Gasteiger partial charge in [-0.25, -0.2) is 0 Å². The lowest BCUT2D eigenvalue weighted by atomic mass is 10.1. The van der Waals surface area contributed by atoms with E-state index in [1.807, 2.05) is 48.5 Å². The maximum Gasteiger partial charge on any atom is 0.155 e. The number of aliphatic hydroxyl groups excluding tert-OH is 2. The van der Waals surface area contributed by atoms with Crippen LogP contribution in [0.3, 0.4) is 0 Å². The van der Waals surface area contributed by atoms with Crippen molar-refractivity contribution in [3.8, 4) is 11.3 Å². The van der Waals surface area contributed by atoms with Gasteiger partial charge in [0.05, 0.1) is 17.6 Å². The fourth-order valence-electron chi connectivity index (χ4n) is 2.21. The molecule has 1 aromatic carbocycles. The summed E-state index contributed by atoms with van der Waals surface area (Å²) in [5.41, 5.74) is 2.59. The molecule has 0 bridgehead atoms. The number of ketones is 1. The van der Waals surface area contributed by atoms with E-state index in [2.05, 4.69) is 4.98 Å². The average molecular weight is 297 g/mol. The van der Waals surface area contributed by atoms with Crippen LogP contribution in [0.25, 0.3) is 11.3 Å². The number of benzene rings is 1. The quantitative estimate of drug-likeness (QED) is 0.635.